The maximum atomic E-state index is 14.3. The van der Waals surface area contributed by atoms with Gasteiger partial charge in [-0.25, -0.2) is 4.39 Å². The molecule has 2 amide bonds. The van der Waals surface area contributed by atoms with E-state index in [1.54, 1.807) is 19.1 Å². The third-order valence-corrected chi connectivity index (χ3v) is 5.46. The number of H-pyrrole nitrogens is 1. The maximum absolute atomic E-state index is 14.3. The number of anilines is 1. The Morgan fingerprint density at radius 2 is 2.17 bits per heavy atom. The van der Waals surface area contributed by atoms with Gasteiger partial charge in [0.2, 0.25) is 11.8 Å². The van der Waals surface area contributed by atoms with Crippen LogP contribution < -0.4 is 10.6 Å². The molecule has 1 unspecified atom stereocenters. The number of fused-ring (bicyclic) bond motifs is 1. The first kappa shape index (κ1) is 19.9. The van der Waals surface area contributed by atoms with E-state index in [-0.39, 0.29) is 35.2 Å². The molecule has 4 N–H and O–H groups in total. The number of carbonyl (C=O) groups is 2. The van der Waals surface area contributed by atoms with Crippen LogP contribution in [0.1, 0.15) is 31.2 Å². The van der Waals surface area contributed by atoms with Crippen LogP contribution in [0.2, 0.25) is 5.02 Å². The van der Waals surface area contributed by atoms with Crippen LogP contribution in [0.15, 0.2) is 47.8 Å². The summed E-state index contributed by atoms with van der Waals surface area (Å²) in [6, 6.07) is 7.51. The Balaban J connectivity index is 1.60. The molecule has 3 aromatic rings. The van der Waals surface area contributed by atoms with Gasteiger partial charge in [-0.05, 0) is 36.3 Å². The first-order valence-corrected chi connectivity index (χ1v) is 9.60. The molecule has 0 bridgehead atoms. The van der Waals surface area contributed by atoms with Crippen LogP contribution in [0.5, 0.6) is 5.75 Å². The van der Waals surface area contributed by atoms with Gasteiger partial charge < -0.3 is 15.7 Å². The van der Waals surface area contributed by atoms with Gasteiger partial charge in [0.15, 0.2) is 0 Å². The van der Waals surface area contributed by atoms with Crippen molar-refractivity contribution in [3.8, 4) is 5.75 Å². The third kappa shape index (κ3) is 3.86. The average Bonchev–Trinajstić information content (AvgIpc) is 3.13. The summed E-state index contributed by atoms with van der Waals surface area (Å²) in [5.74, 6) is -1.70. The van der Waals surface area contributed by atoms with Crippen molar-refractivity contribution in [2.45, 2.75) is 25.7 Å². The van der Waals surface area contributed by atoms with Crippen LogP contribution in [0, 0.1) is 5.82 Å². The Hall–Kier alpha value is -3.39. The summed E-state index contributed by atoms with van der Waals surface area (Å²) in [5, 5.41) is 22.7. The first-order chi connectivity index (χ1) is 14.3. The van der Waals surface area contributed by atoms with Gasteiger partial charge in [-0.1, -0.05) is 17.7 Å². The molecular formula is C21H18ClFN4O3. The second-order valence-electron chi connectivity index (χ2n) is 7.18. The first-order valence-electron chi connectivity index (χ1n) is 9.22. The van der Waals surface area contributed by atoms with E-state index in [1.807, 2.05) is 0 Å². The molecule has 1 aromatic heterocycles. The number of hydrogen-bond donors (Lipinski definition) is 4. The smallest absolute Gasteiger partial charge is 0.228 e. The van der Waals surface area contributed by atoms with E-state index in [0.29, 0.717) is 27.7 Å². The monoisotopic (exact) mass is 428 g/mol. The molecule has 1 atom stereocenters. The summed E-state index contributed by atoms with van der Waals surface area (Å²) in [4.78, 5) is 24.8. The van der Waals surface area contributed by atoms with Gasteiger partial charge in [-0.15, -0.1) is 0 Å². The number of allylic oxidation sites excluding steroid dienone is 1. The topological polar surface area (TPSA) is 107 Å². The van der Waals surface area contributed by atoms with E-state index in [9.17, 15) is 19.1 Å². The van der Waals surface area contributed by atoms with E-state index in [4.69, 9.17) is 11.6 Å². The predicted octanol–water partition coefficient (Wildman–Crippen LogP) is 3.97. The Morgan fingerprint density at radius 3 is 2.93 bits per heavy atom. The molecule has 1 aliphatic rings. The normalized spacial score (nSPS) is 16.6. The molecule has 2 heterocycles. The van der Waals surface area contributed by atoms with E-state index in [1.165, 1.54) is 24.4 Å². The van der Waals surface area contributed by atoms with E-state index < -0.39 is 17.6 Å². The van der Waals surface area contributed by atoms with Crippen LogP contribution in [-0.2, 0) is 9.59 Å². The van der Waals surface area contributed by atoms with Crippen molar-refractivity contribution >= 4 is 40.0 Å². The highest BCUT2D eigenvalue weighted by Crippen LogP contribution is 2.37. The molecular weight excluding hydrogens is 411 g/mol. The zero-order chi connectivity index (χ0) is 21.4. The van der Waals surface area contributed by atoms with Crippen LogP contribution >= 0.6 is 11.6 Å². The Morgan fingerprint density at radius 1 is 1.37 bits per heavy atom. The molecule has 9 heteroatoms. The number of aromatic amines is 1. The van der Waals surface area contributed by atoms with Gasteiger partial charge >= 0.3 is 0 Å². The van der Waals surface area contributed by atoms with E-state index in [0.717, 1.165) is 0 Å². The van der Waals surface area contributed by atoms with Crippen LogP contribution in [0.25, 0.3) is 10.9 Å². The number of amides is 2. The number of aromatic hydroxyl groups is 1. The van der Waals surface area contributed by atoms with Crippen LogP contribution in [0.4, 0.5) is 10.1 Å². The predicted molar refractivity (Wildman–Crippen MR) is 111 cm³/mol. The van der Waals surface area contributed by atoms with Crippen molar-refractivity contribution in [2.24, 2.45) is 0 Å². The summed E-state index contributed by atoms with van der Waals surface area (Å²) in [6.45, 7) is 1.71. The molecule has 0 aliphatic carbocycles. The second kappa shape index (κ2) is 7.79. The molecule has 7 nitrogen and oxygen atoms in total. The standard InChI is InChI=1S/C21H18ClFN4O3/c1-10-13(14(7-20(29)25-10)11-2-3-15(22)19(28)5-11)6-21(30)26-18-4-12-9-24-27-17(12)8-16(18)23/h2-5,8-9,14,28H,6-7H2,1H3,(H,24,27)(H,25,29)(H,26,30). The molecule has 0 saturated carbocycles. The number of phenolic OH excluding ortho intramolecular Hbond substituents is 1. The summed E-state index contributed by atoms with van der Waals surface area (Å²) in [5.41, 5.74) is 2.49. The van der Waals surface area contributed by atoms with Crippen molar-refractivity contribution < 1.29 is 19.1 Å². The van der Waals surface area contributed by atoms with Crippen molar-refractivity contribution in [2.75, 3.05) is 5.32 Å². The number of benzene rings is 2. The number of carbonyl (C=O) groups excluding carboxylic acids is 2. The van der Waals surface area contributed by atoms with Gasteiger partial charge in [-0.2, -0.15) is 5.10 Å². The molecule has 1 aliphatic heterocycles. The lowest BCUT2D eigenvalue weighted by atomic mass is 9.82. The van der Waals surface area contributed by atoms with E-state index in [2.05, 4.69) is 20.8 Å². The number of nitrogens with one attached hydrogen (secondary N) is 3. The molecule has 30 heavy (non-hydrogen) atoms. The summed E-state index contributed by atoms with van der Waals surface area (Å²) in [6.07, 6.45) is 1.61. The lowest BCUT2D eigenvalue weighted by Crippen LogP contribution is -2.32. The van der Waals surface area contributed by atoms with Gasteiger partial charge in [0.05, 0.1) is 28.8 Å². The lowest BCUT2D eigenvalue weighted by Gasteiger charge is -2.28. The van der Waals surface area contributed by atoms with Gasteiger partial charge in [0.25, 0.3) is 0 Å². The number of phenols is 1. The zero-order valence-corrected chi connectivity index (χ0v) is 16.7. The fourth-order valence-corrected chi connectivity index (χ4v) is 3.78. The number of hydrogen-bond acceptors (Lipinski definition) is 4. The van der Waals surface area contributed by atoms with Gasteiger partial charge in [0, 0.05) is 29.5 Å². The minimum absolute atomic E-state index is 0.0488. The molecule has 2 aromatic carbocycles. The number of rotatable bonds is 4. The molecule has 0 saturated heterocycles. The maximum Gasteiger partial charge on any atom is 0.228 e. The van der Waals surface area contributed by atoms with Crippen molar-refractivity contribution in [1.82, 2.24) is 15.5 Å². The fourth-order valence-electron chi connectivity index (χ4n) is 3.66. The fraction of sp³-hybridized carbons (Fsp3) is 0.190. The number of aromatic nitrogens is 2. The number of nitrogens with zero attached hydrogens (tertiary/aromatic N) is 1. The van der Waals surface area contributed by atoms with Gasteiger partial charge in [-0.3, -0.25) is 14.7 Å². The highest BCUT2D eigenvalue weighted by molar-refractivity contribution is 6.32. The van der Waals surface area contributed by atoms with Crippen molar-refractivity contribution in [1.29, 1.82) is 0 Å². The Bertz CT molecular complexity index is 1200. The third-order valence-electron chi connectivity index (χ3n) is 5.14. The van der Waals surface area contributed by atoms with E-state index >= 15 is 0 Å². The summed E-state index contributed by atoms with van der Waals surface area (Å²) >= 11 is 5.89. The highest BCUT2D eigenvalue weighted by Gasteiger charge is 2.29. The summed E-state index contributed by atoms with van der Waals surface area (Å²) in [7, 11) is 0. The van der Waals surface area contributed by atoms with Crippen LogP contribution in [0.3, 0.4) is 0 Å². The Labute approximate surface area is 175 Å². The second-order valence-corrected chi connectivity index (χ2v) is 7.59. The van der Waals surface area contributed by atoms with Crippen molar-refractivity contribution in [3.05, 3.63) is 64.2 Å². The van der Waals surface area contributed by atoms with Crippen LogP contribution in [-0.4, -0.2) is 27.1 Å². The van der Waals surface area contributed by atoms with Gasteiger partial charge in [0.1, 0.15) is 11.6 Å². The Kier molecular flexibility index (Phi) is 5.17. The largest absolute Gasteiger partial charge is 0.506 e. The zero-order valence-electron chi connectivity index (χ0n) is 15.9. The number of halogens is 2. The molecule has 0 spiro atoms. The lowest BCUT2D eigenvalue weighted by molar-refractivity contribution is -0.121. The average molecular weight is 429 g/mol. The summed E-state index contributed by atoms with van der Waals surface area (Å²) < 4.78 is 14.3. The minimum Gasteiger partial charge on any atom is -0.506 e. The molecule has 154 valence electrons. The molecule has 0 radical (unpaired) electrons. The molecule has 4 rings (SSSR count). The highest BCUT2D eigenvalue weighted by atomic mass is 35.5. The van der Waals surface area contributed by atoms with Crippen molar-refractivity contribution in [3.63, 3.8) is 0 Å². The quantitative estimate of drug-likeness (QED) is 0.504. The SMILES string of the molecule is CC1=C(CC(=O)Nc2cc3cn[nH]c3cc2F)C(c2ccc(Cl)c(O)c2)CC(=O)N1. The molecule has 0 fully saturated rings. The minimum atomic E-state index is -0.582.